The van der Waals surface area contributed by atoms with Crippen LogP contribution in [0.25, 0.3) is 0 Å². The summed E-state index contributed by atoms with van der Waals surface area (Å²) in [6.45, 7) is 1.71. The molecule has 0 spiro atoms. The molecule has 100 valence electrons. The summed E-state index contributed by atoms with van der Waals surface area (Å²) >= 11 is 0. The molecule has 1 rings (SSSR count). The molecule has 1 heterocycles. The summed E-state index contributed by atoms with van der Waals surface area (Å²) in [5, 5.41) is 0. The van der Waals surface area contributed by atoms with Crippen molar-refractivity contribution in [3.63, 3.8) is 0 Å². The quantitative estimate of drug-likeness (QED) is 0.765. The standard InChI is InChI=1S/C11H12F3NO3/c1-3-18-9(16)5-8-6(10(13)14)4-7(12)11(15-8)17-2/h4,10H,3,5H2,1-2H3. The van der Waals surface area contributed by atoms with E-state index in [-0.39, 0.29) is 12.3 Å². The first kappa shape index (κ1) is 14.3. The van der Waals surface area contributed by atoms with Gasteiger partial charge in [-0.25, -0.2) is 18.2 Å². The Hall–Kier alpha value is -1.79. The van der Waals surface area contributed by atoms with Gasteiger partial charge in [-0.15, -0.1) is 0 Å². The first-order chi connectivity index (χ1) is 8.49. The summed E-state index contributed by atoms with van der Waals surface area (Å²) in [5.41, 5.74) is -0.886. The summed E-state index contributed by atoms with van der Waals surface area (Å²) in [6.07, 6.45) is -3.38. The zero-order valence-corrected chi connectivity index (χ0v) is 9.87. The predicted octanol–water partition coefficient (Wildman–Crippen LogP) is 2.27. The lowest BCUT2D eigenvalue weighted by molar-refractivity contribution is -0.142. The van der Waals surface area contributed by atoms with Crippen molar-refractivity contribution in [3.8, 4) is 5.88 Å². The molecule has 0 aliphatic carbocycles. The Labute approximate surface area is 102 Å². The minimum atomic E-state index is -2.93. The van der Waals surface area contributed by atoms with E-state index in [2.05, 4.69) is 14.5 Å². The van der Waals surface area contributed by atoms with E-state index in [9.17, 15) is 18.0 Å². The molecule has 0 N–H and O–H groups in total. The van der Waals surface area contributed by atoms with Gasteiger partial charge in [0.1, 0.15) is 0 Å². The zero-order valence-electron chi connectivity index (χ0n) is 9.87. The SMILES string of the molecule is CCOC(=O)Cc1nc(OC)c(F)cc1C(F)F. The minimum Gasteiger partial charge on any atom is -0.479 e. The maximum atomic E-state index is 13.2. The Morgan fingerprint density at radius 3 is 2.67 bits per heavy atom. The van der Waals surface area contributed by atoms with Crippen molar-refractivity contribution < 1.29 is 27.4 Å². The number of pyridine rings is 1. The van der Waals surface area contributed by atoms with Gasteiger partial charge in [-0.2, -0.15) is 0 Å². The highest BCUT2D eigenvalue weighted by atomic mass is 19.3. The van der Waals surface area contributed by atoms with E-state index < -0.39 is 36.1 Å². The molecule has 0 aliphatic rings. The number of carbonyl (C=O) groups is 1. The fourth-order valence-electron chi connectivity index (χ4n) is 1.34. The van der Waals surface area contributed by atoms with Crippen molar-refractivity contribution in [2.45, 2.75) is 19.8 Å². The van der Waals surface area contributed by atoms with Crippen LogP contribution in [0.1, 0.15) is 24.6 Å². The Kier molecular flexibility index (Phi) is 4.94. The lowest BCUT2D eigenvalue weighted by Crippen LogP contribution is -2.12. The highest BCUT2D eigenvalue weighted by Gasteiger charge is 2.21. The van der Waals surface area contributed by atoms with Crippen LogP contribution in [0.5, 0.6) is 5.88 Å². The summed E-state index contributed by atoms with van der Waals surface area (Å²) < 4.78 is 47.8. The van der Waals surface area contributed by atoms with Crippen molar-refractivity contribution in [3.05, 3.63) is 23.1 Å². The number of alkyl halides is 2. The van der Waals surface area contributed by atoms with Crippen LogP contribution in [0.4, 0.5) is 13.2 Å². The second kappa shape index (κ2) is 6.23. The Bertz CT molecular complexity index is 438. The van der Waals surface area contributed by atoms with E-state index in [1.165, 1.54) is 0 Å². The van der Waals surface area contributed by atoms with Gasteiger partial charge in [-0.1, -0.05) is 0 Å². The molecule has 4 nitrogen and oxygen atoms in total. The third-order valence-electron chi connectivity index (χ3n) is 2.10. The molecule has 0 amide bonds. The molecule has 18 heavy (non-hydrogen) atoms. The Morgan fingerprint density at radius 2 is 2.17 bits per heavy atom. The van der Waals surface area contributed by atoms with Gasteiger partial charge in [0.25, 0.3) is 6.43 Å². The van der Waals surface area contributed by atoms with Gasteiger partial charge in [-0.05, 0) is 13.0 Å². The van der Waals surface area contributed by atoms with Crippen LogP contribution in [0.15, 0.2) is 6.07 Å². The fourth-order valence-corrected chi connectivity index (χ4v) is 1.34. The average molecular weight is 263 g/mol. The predicted molar refractivity (Wildman–Crippen MR) is 56.0 cm³/mol. The molecule has 0 aromatic carbocycles. The summed E-state index contributed by atoms with van der Waals surface area (Å²) in [4.78, 5) is 14.8. The van der Waals surface area contributed by atoms with Gasteiger partial charge in [0.05, 0.1) is 25.8 Å². The topological polar surface area (TPSA) is 48.4 Å². The highest BCUT2D eigenvalue weighted by Crippen LogP contribution is 2.26. The van der Waals surface area contributed by atoms with Crippen LogP contribution in [0.3, 0.4) is 0 Å². The van der Waals surface area contributed by atoms with Gasteiger partial charge >= 0.3 is 5.97 Å². The van der Waals surface area contributed by atoms with E-state index in [1.807, 2.05) is 0 Å². The zero-order chi connectivity index (χ0) is 13.7. The second-order valence-corrected chi connectivity index (χ2v) is 3.30. The maximum absolute atomic E-state index is 13.2. The van der Waals surface area contributed by atoms with Gasteiger partial charge in [0, 0.05) is 5.56 Å². The molecule has 1 aromatic rings. The largest absolute Gasteiger partial charge is 0.479 e. The molecule has 0 fully saturated rings. The number of carbonyl (C=O) groups excluding carboxylic acids is 1. The second-order valence-electron chi connectivity index (χ2n) is 3.30. The molecule has 0 bridgehead atoms. The molecular weight excluding hydrogens is 251 g/mol. The average Bonchev–Trinajstić information content (AvgIpc) is 2.30. The molecule has 0 saturated heterocycles. The lowest BCUT2D eigenvalue weighted by atomic mass is 10.1. The maximum Gasteiger partial charge on any atom is 0.311 e. The third-order valence-corrected chi connectivity index (χ3v) is 2.10. The van der Waals surface area contributed by atoms with Gasteiger partial charge in [0.2, 0.25) is 5.88 Å². The highest BCUT2D eigenvalue weighted by molar-refractivity contribution is 5.72. The molecule has 0 unspecified atom stereocenters. The van der Waals surface area contributed by atoms with E-state index >= 15 is 0 Å². The van der Waals surface area contributed by atoms with E-state index in [0.29, 0.717) is 6.07 Å². The third kappa shape index (κ3) is 3.35. The summed E-state index contributed by atoms with van der Waals surface area (Å²) in [6, 6.07) is 0.616. The van der Waals surface area contributed by atoms with Gasteiger partial charge in [0.15, 0.2) is 5.82 Å². The van der Waals surface area contributed by atoms with Crippen LogP contribution in [0.2, 0.25) is 0 Å². The minimum absolute atomic E-state index is 0.126. The van der Waals surface area contributed by atoms with Crippen molar-refractivity contribution in [1.82, 2.24) is 4.98 Å². The van der Waals surface area contributed by atoms with Crippen LogP contribution in [0, 0.1) is 5.82 Å². The molecule has 1 aromatic heterocycles. The molecule has 0 saturated carbocycles. The summed E-state index contributed by atoms with van der Waals surface area (Å²) in [5.74, 6) is -2.14. The number of esters is 1. The normalized spacial score (nSPS) is 10.6. The van der Waals surface area contributed by atoms with E-state index in [0.717, 1.165) is 7.11 Å². The molecule has 0 aliphatic heterocycles. The fraction of sp³-hybridized carbons (Fsp3) is 0.455. The first-order valence-corrected chi connectivity index (χ1v) is 5.16. The van der Waals surface area contributed by atoms with E-state index in [1.54, 1.807) is 6.92 Å². The first-order valence-electron chi connectivity index (χ1n) is 5.16. The monoisotopic (exact) mass is 263 g/mol. The Balaban J connectivity index is 3.10. The lowest BCUT2D eigenvalue weighted by Gasteiger charge is -2.10. The van der Waals surface area contributed by atoms with Crippen LogP contribution in [-0.4, -0.2) is 24.7 Å². The van der Waals surface area contributed by atoms with Crippen LogP contribution < -0.4 is 4.74 Å². The molecule has 0 radical (unpaired) electrons. The van der Waals surface area contributed by atoms with Crippen LogP contribution in [-0.2, 0) is 16.0 Å². The van der Waals surface area contributed by atoms with Crippen molar-refractivity contribution in [2.75, 3.05) is 13.7 Å². The van der Waals surface area contributed by atoms with Crippen molar-refractivity contribution in [2.24, 2.45) is 0 Å². The smallest absolute Gasteiger partial charge is 0.311 e. The van der Waals surface area contributed by atoms with E-state index in [4.69, 9.17) is 0 Å². The molecule has 7 heteroatoms. The number of rotatable bonds is 5. The van der Waals surface area contributed by atoms with Crippen molar-refractivity contribution in [1.29, 1.82) is 0 Å². The van der Waals surface area contributed by atoms with Gasteiger partial charge < -0.3 is 9.47 Å². The number of hydrogen-bond donors (Lipinski definition) is 0. The number of hydrogen-bond acceptors (Lipinski definition) is 4. The molecule has 0 atom stereocenters. The van der Waals surface area contributed by atoms with Crippen LogP contribution >= 0.6 is 0 Å². The summed E-state index contributed by atoms with van der Waals surface area (Å²) in [7, 11) is 1.15. The number of aromatic nitrogens is 1. The number of methoxy groups -OCH3 is 1. The number of ether oxygens (including phenoxy) is 2. The number of halogens is 3. The van der Waals surface area contributed by atoms with Gasteiger partial charge in [-0.3, -0.25) is 4.79 Å². The Morgan fingerprint density at radius 1 is 1.50 bits per heavy atom. The van der Waals surface area contributed by atoms with Crippen molar-refractivity contribution >= 4 is 5.97 Å². The number of nitrogens with zero attached hydrogens (tertiary/aromatic N) is 1. The molecular formula is C11H12F3NO3.